The van der Waals surface area contributed by atoms with E-state index in [2.05, 4.69) is 10.4 Å². The van der Waals surface area contributed by atoms with Crippen LogP contribution in [0.4, 0.5) is 0 Å². The lowest BCUT2D eigenvalue weighted by atomic mass is 10.3. The molecule has 0 spiro atoms. The summed E-state index contributed by atoms with van der Waals surface area (Å²) in [7, 11) is 1.56. The second kappa shape index (κ2) is 5.56. The minimum absolute atomic E-state index is 0.0698. The van der Waals surface area contributed by atoms with Crippen molar-refractivity contribution in [3.8, 4) is 11.6 Å². The van der Waals surface area contributed by atoms with Crippen LogP contribution in [0.15, 0.2) is 36.4 Å². The van der Waals surface area contributed by atoms with Gasteiger partial charge in [0, 0.05) is 12.1 Å². The maximum atomic E-state index is 11.9. The maximum absolute atomic E-state index is 11.9. The molecule has 0 aliphatic carbocycles. The fourth-order valence-corrected chi connectivity index (χ4v) is 1.71. The van der Waals surface area contributed by atoms with E-state index in [1.165, 1.54) is 0 Å². The van der Waals surface area contributed by atoms with E-state index in [1.54, 1.807) is 17.9 Å². The molecule has 1 N–H and O–H groups in total. The van der Waals surface area contributed by atoms with Crippen molar-refractivity contribution in [3.63, 3.8) is 0 Å². The number of methoxy groups -OCH3 is 1. The van der Waals surface area contributed by atoms with Crippen LogP contribution >= 0.6 is 0 Å². The van der Waals surface area contributed by atoms with Crippen molar-refractivity contribution in [2.75, 3.05) is 7.11 Å². The molecule has 0 saturated heterocycles. The van der Waals surface area contributed by atoms with Crippen LogP contribution in [0.5, 0.6) is 5.88 Å². The fourth-order valence-electron chi connectivity index (χ4n) is 1.71. The van der Waals surface area contributed by atoms with Crippen molar-refractivity contribution in [2.24, 2.45) is 0 Å². The Bertz CT molecular complexity index is 561. The normalized spacial score (nSPS) is 10.5. The van der Waals surface area contributed by atoms with Crippen molar-refractivity contribution in [1.82, 2.24) is 15.1 Å². The number of para-hydroxylation sites is 1. The van der Waals surface area contributed by atoms with Crippen molar-refractivity contribution in [3.05, 3.63) is 42.1 Å². The van der Waals surface area contributed by atoms with Crippen LogP contribution in [0.25, 0.3) is 5.69 Å². The van der Waals surface area contributed by atoms with Gasteiger partial charge in [-0.1, -0.05) is 18.2 Å². The number of hydrogen-bond donors (Lipinski definition) is 1. The first-order valence-electron chi connectivity index (χ1n) is 6.12. The fraction of sp³-hybridized carbons (Fsp3) is 0.286. The van der Waals surface area contributed by atoms with E-state index < -0.39 is 0 Å². The van der Waals surface area contributed by atoms with Gasteiger partial charge in [0.05, 0.1) is 12.8 Å². The van der Waals surface area contributed by atoms with Gasteiger partial charge in [-0.3, -0.25) is 4.79 Å². The number of nitrogens with one attached hydrogen (secondary N) is 1. The molecule has 0 fully saturated rings. The molecule has 1 aromatic carbocycles. The first-order valence-corrected chi connectivity index (χ1v) is 6.12. The highest BCUT2D eigenvalue weighted by atomic mass is 16.5. The van der Waals surface area contributed by atoms with Gasteiger partial charge < -0.3 is 10.1 Å². The molecule has 0 unspecified atom stereocenters. The predicted molar refractivity (Wildman–Crippen MR) is 72.7 cm³/mol. The average Bonchev–Trinajstić information content (AvgIpc) is 2.83. The third kappa shape index (κ3) is 2.93. The van der Waals surface area contributed by atoms with Gasteiger partial charge in [0.25, 0.3) is 5.91 Å². The highest BCUT2D eigenvalue weighted by Gasteiger charge is 2.16. The summed E-state index contributed by atoms with van der Waals surface area (Å²) in [4.78, 5) is 11.9. The molecule has 2 rings (SSSR count). The standard InChI is InChI=1S/C14H17N3O2/c1-10(2)15-14(18)12-9-13(19-3)17(16-12)11-7-5-4-6-8-11/h4-10H,1-3H3,(H,15,18). The summed E-state index contributed by atoms with van der Waals surface area (Å²) >= 11 is 0. The lowest BCUT2D eigenvalue weighted by Gasteiger charge is -2.06. The number of benzene rings is 1. The molecule has 0 saturated carbocycles. The maximum Gasteiger partial charge on any atom is 0.272 e. The molecule has 19 heavy (non-hydrogen) atoms. The molecule has 100 valence electrons. The van der Waals surface area contributed by atoms with Crippen LogP contribution in [0.3, 0.4) is 0 Å². The van der Waals surface area contributed by atoms with E-state index >= 15 is 0 Å². The Labute approximate surface area is 112 Å². The number of nitrogens with zero attached hydrogens (tertiary/aromatic N) is 2. The molecule has 1 heterocycles. The third-order valence-electron chi connectivity index (χ3n) is 2.54. The average molecular weight is 259 g/mol. The molecule has 0 radical (unpaired) electrons. The van der Waals surface area contributed by atoms with Crippen LogP contribution in [0, 0.1) is 0 Å². The van der Waals surface area contributed by atoms with Gasteiger partial charge in [0.1, 0.15) is 0 Å². The summed E-state index contributed by atoms with van der Waals surface area (Å²) in [6.07, 6.45) is 0. The first-order chi connectivity index (χ1) is 9.11. The van der Waals surface area contributed by atoms with Gasteiger partial charge in [-0.25, -0.2) is 4.68 Å². The van der Waals surface area contributed by atoms with E-state index in [0.29, 0.717) is 11.6 Å². The summed E-state index contributed by atoms with van der Waals surface area (Å²) in [6.45, 7) is 3.81. The SMILES string of the molecule is COc1cc(C(=O)NC(C)C)nn1-c1ccccc1. The van der Waals surface area contributed by atoms with E-state index in [4.69, 9.17) is 4.74 Å². The number of ether oxygens (including phenoxy) is 1. The minimum atomic E-state index is -0.206. The molecule has 0 atom stereocenters. The Balaban J connectivity index is 2.35. The number of aromatic nitrogens is 2. The zero-order valence-electron chi connectivity index (χ0n) is 11.3. The summed E-state index contributed by atoms with van der Waals surface area (Å²) in [6, 6.07) is 11.2. The van der Waals surface area contributed by atoms with Crippen LogP contribution in [-0.2, 0) is 0 Å². The van der Waals surface area contributed by atoms with Crippen LogP contribution in [-0.4, -0.2) is 28.8 Å². The van der Waals surface area contributed by atoms with E-state index in [0.717, 1.165) is 5.69 Å². The van der Waals surface area contributed by atoms with Crippen molar-refractivity contribution < 1.29 is 9.53 Å². The number of carbonyl (C=O) groups is 1. The Morgan fingerprint density at radius 3 is 2.58 bits per heavy atom. The Hall–Kier alpha value is -2.30. The molecule has 5 nitrogen and oxygen atoms in total. The number of rotatable bonds is 4. The largest absolute Gasteiger partial charge is 0.481 e. The Kier molecular flexibility index (Phi) is 3.85. The monoisotopic (exact) mass is 259 g/mol. The van der Waals surface area contributed by atoms with E-state index in [1.807, 2.05) is 44.2 Å². The Morgan fingerprint density at radius 1 is 1.32 bits per heavy atom. The zero-order chi connectivity index (χ0) is 13.8. The predicted octanol–water partition coefficient (Wildman–Crippen LogP) is 2.02. The molecular formula is C14H17N3O2. The number of amides is 1. The second-order valence-electron chi connectivity index (χ2n) is 4.45. The second-order valence-corrected chi connectivity index (χ2v) is 4.45. The summed E-state index contributed by atoms with van der Waals surface area (Å²) < 4.78 is 6.86. The lowest BCUT2D eigenvalue weighted by Crippen LogP contribution is -2.30. The smallest absolute Gasteiger partial charge is 0.272 e. The van der Waals surface area contributed by atoms with Gasteiger partial charge in [-0.15, -0.1) is 0 Å². The molecule has 0 aliphatic heterocycles. The van der Waals surface area contributed by atoms with Crippen LogP contribution < -0.4 is 10.1 Å². The highest BCUT2D eigenvalue weighted by molar-refractivity contribution is 5.92. The van der Waals surface area contributed by atoms with E-state index in [9.17, 15) is 4.79 Å². The minimum Gasteiger partial charge on any atom is -0.481 e. The molecule has 5 heteroatoms. The van der Waals surface area contributed by atoms with Crippen LogP contribution in [0.1, 0.15) is 24.3 Å². The van der Waals surface area contributed by atoms with Crippen LogP contribution in [0.2, 0.25) is 0 Å². The Morgan fingerprint density at radius 2 is 2.00 bits per heavy atom. The summed E-state index contributed by atoms with van der Waals surface area (Å²) in [5, 5.41) is 7.09. The van der Waals surface area contributed by atoms with Gasteiger partial charge in [-0.2, -0.15) is 5.10 Å². The molecule has 1 amide bonds. The van der Waals surface area contributed by atoms with Gasteiger partial charge >= 0.3 is 0 Å². The lowest BCUT2D eigenvalue weighted by molar-refractivity contribution is 0.0937. The van der Waals surface area contributed by atoms with Crippen molar-refractivity contribution >= 4 is 5.91 Å². The summed E-state index contributed by atoms with van der Waals surface area (Å²) in [5.41, 5.74) is 1.19. The zero-order valence-corrected chi connectivity index (χ0v) is 11.3. The quantitative estimate of drug-likeness (QED) is 0.914. The van der Waals surface area contributed by atoms with Gasteiger partial charge in [0.2, 0.25) is 5.88 Å². The van der Waals surface area contributed by atoms with Crippen molar-refractivity contribution in [2.45, 2.75) is 19.9 Å². The number of carbonyl (C=O) groups excluding carboxylic acids is 1. The third-order valence-corrected chi connectivity index (χ3v) is 2.54. The number of hydrogen-bond acceptors (Lipinski definition) is 3. The van der Waals surface area contributed by atoms with E-state index in [-0.39, 0.29) is 11.9 Å². The molecule has 0 bridgehead atoms. The summed E-state index contributed by atoms with van der Waals surface area (Å²) in [5.74, 6) is 0.322. The highest BCUT2D eigenvalue weighted by Crippen LogP contribution is 2.18. The molecule has 0 aliphatic rings. The molecule has 1 aromatic heterocycles. The molecule has 2 aromatic rings. The van der Waals surface area contributed by atoms with Gasteiger partial charge in [-0.05, 0) is 26.0 Å². The van der Waals surface area contributed by atoms with Gasteiger partial charge in [0.15, 0.2) is 5.69 Å². The van der Waals surface area contributed by atoms with Crippen molar-refractivity contribution in [1.29, 1.82) is 0 Å². The topological polar surface area (TPSA) is 56.1 Å². The first kappa shape index (κ1) is 13.1. The molecular weight excluding hydrogens is 242 g/mol.